The standard InChI is InChI=1S/C36H33ClN10O19S8/c1-47(20-3-2-4-21(16-20)69(49,50)11-9-65-73(59,60)61)36-41-34(37)40-35(42-36)39-19-5-8-25(67)24(15-19)44-45-31-27(71(53,54)55)13-18-14-28(72(56,57)58)32(33(48)29(18)30(31)38)46-43-23-7-6-22(17-26(23)68)70(51,52)12-10-66-74(62,63)64/h2-8,13-17,48,67-68H,9-12,38H2,1H3,(H,53,54,55)(H,56,57,58)(H,59,60,61)(H,62,63,64)(H,39,40,41,42)/b45-44+,46-43+. The molecule has 0 fully saturated rings. The van der Waals surface area contributed by atoms with Crippen LogP contribution in [-0.4, -0.2) is 121 Å². The first-order valence-corrected chi connectivity index (χ1v) is 29.6. The molecule has 8 N–H and O–H groups in total. The number of aromatic hydroxyl groups is 1. The Morgan fingerprint density at radius 2 is 1.22 bits per heavy atom. The second-order valence-electron chi connectivity index (χ2n) is 14.6. The molecule has 6 rings (SSSR count). The zero-order valence-electron chi connectivity index (χ0n) is 36.6. The summed E-state index contributed by atoms with van der Waals surface area (Å²) < 4.78 is 191. The fourth-order valence-electron chi connectivity index (χ4n) is 6.18. The minimum Gasteiger partial charge on any atom is -0.505 e. The molecule has 29 nitrogen and oxygen atoms in total. The number of halogens is 1. The largest absolute Gasteiger partial charge is 0.505 e. The summed E-state index contributed by atoms with van der Waals surface area (Å²) in [7, 11) is -27.4. The highest BCUT2D eigenvalue weighted by molar-refractivity contribution is 7.92. The number of thiol groups is 2. The Labute approximate surface area is 435 Å². The van der Waals surface area contributed by atoms with Crippen LogP contribution >= 0.6 is 36.9 Å². The summed E-state index contributed by atoms with van der Waals surface area (Å²) in [5.41, 5.74) is 3.77. The van der Waals surface area contributed by atoms with Gasteiger partial charge in [0.25, 0.3) is 20.2 Å². The van der Waals surface area contributed by atoms with Gasteiger partial charge in [-0.05, 0) is 83.7 Å². The van der Waals surface area contributed by atoms with Gasteiger partial charge in [-0.1, -0.05) is 6.07 Å². The molecule has 74 heavy (non-hydrogen) atoms. The molecule has 396 valence electrons. The zero-order valence-corrected chi connectivity index (χ0v) is 44.0. The molecule has 0 bridgehead atoms. The number of sulfone groups is 2. The Morgan fingerprint density at radius 1 is 0.662 bits per heavy atom. The molecule has 0 spiro atoms. The number of benzene rings is 5. The molecule has 1 aromatic heterocycles. The average Bonchev–Trinajstić information content (AvgIpc) is 3.27. The fraction of sp³-hybridized carbons (Fsp3) is 0.139. The molecule has 0 saturated carbocycles. The predicted octanol–water partition coefficient (Wildman–Crippen LogP) is 5.57. The highest BCUT2D eigenvalue weighted by atomic mass is 35.5. The van der Waals surface area contributed by atoms with E-state index in [9.17, 15) is 64.7 Å². The number of hydrogen-bond acceptors (Lipinski definition) is 27. The van der Waals surface area contributed by atoms with E-state index in [2.05, 4.69) is 74.3 Å². The van der Waals surface area contributed by atoms with E-state index in [-0.39, 0.29) is 54.6 Å². The van der Waals surface area contributed by atoms with Gasteiger partial charge in [0.2, 0.25) is 17.2 Å². The third-order valence-electron chi connectivity index (χ3n) is 9.55. The van der Waals surface area contributed by atoms with Crippen LogP contribution in [0.1, 0.15) is 0 Å². The maximum atomic E-state index is 12.9. The number of hydrogen-bond donors (Lipinski definition) is 9. The van der Waals surface area contributed by atoms with Gasteiger partial charge in [-0.2, -0.15) is 48.6 Å². The third-order valence-corrected chi connectivity index (χ3v) is 16.5. The molecule has 0 radical (unpaired) electrons. The Balaban J connectivity index is 1.33. The van der Waals surface area contributed by atoms with Crippen LogP contribution in [0.2, 0.25) is 5.28 Å². The van der Waals surface area contributed by atoms with E-state index < -0.39 is 134 Å². The summed E-state index contributed by atoms with van der Waals surface area (Å²) in [6.45, 7) is -1.81. The first kappa shape index (κ1) is 57.5. The normalized spacial score (nSPS) is 13.0. The van der Waals surface area contributed by atoms with Crippen molar-refractivity contribution in [3.8, 4) is 5.75 Å². The van der Waals surface area contributed by atoms with Gasteiger partial charge >= 0.3 is 20.8 Å². The highest BCUT2D eigenvalue weighted by Gasteiger charge is 2.29. The minimum absolute atomic E-state index is 0.101. The molecule has 38 heteroatoms. The Hall–Kier alpha value is -5.78. The summed E-state index contributed by atoms with van der Waals surface area (Å²) in [4.78, 5) is 10.7. The van der Waals surface area contributed by atoms with Crippen molar-refractivity contribution in [3.63, 3.8) is 0 Å². The van der Waals surface area contributed by atoms with Crippen molar-refractivity contribution in [1.82, 2.24) is 15.0 Å². The van der Waals surface area contributed by atoms with E-state index in [0.29, 0.717) is 12.1 Å². The van der Waals surface area contributed by atoms with Crippen molar-refractivity contribution < 1.29 is 82.2 Å². The highest BCUT2D eigenvalue weighted by Crippen LogP contribution is 2.49. The lowest BCUT2D eigenvalue weighted by Gasteiger charge is -2.19. The maximum Gasteiger partial charge on any atom is 0.397 e. The number of nitrogen functional groups attached to an aromatic ring is 1. The summed E-state index contributed by atoms with van der Waals surface area (Å²) in [5, 5.41) is 28.4. The molecular weight excluding hydrogens is 1170 g/mol. The molecule has 6 aromatic rings. The molecule has 0 atom stereocenters. The van der Waals surface area contributed by atoms with Gasteiger partial charge < -0.3 is 21.1 Å². The third kappa shape index (κ3) is 14.3. The fourth-order valence-corrected chi connectivity index (χ4v) is 11.2. The van der Waals surface area contributed by atoms with Crippen molar-refractivity contribution in [2.45, 2.75) is 29.4 Å². The number of nitrogens with two attached hydrogens (primary N) is 1. The van der Waals surface area contributed by atoms with Crippen LogP contribution in [0.25, 0.3) is 10.8 Å². The van der Waals surface area contributed by atoms with E-state index in [1.54, 1.807) is 0 Å². The number of aromatic nitrogens is 3. The topological polar surface area (TPSA) is 454 Å². The molecule has 0 saturated heterocycles. The first-order valence-electron chi connectivity index (χ1n) is 19.4. The van der Waals surface area contributed by atoms with Crippen molar-refractivity contribution in [2.75, 3.05) is 47.7 Å². The smallest absolute Gasteiger partial charge is 0.397 e. The lowest BCUT2D eigenvalue weighted by Crippen LogP contribution is -2.17. The molecule has 5 aromatic carbocycles. The summed E-state index contributed by atoms with van der Waals surface area (Å²) in [5.74, 6) is -3.17. The number of phenolic OH excluding ortho intramolecular Hbond substituents is 1. The number of fused-ring (bicyclic) bond motifs is 1. The van der Waals surface area contributed by atoms with Gasteiger partial charge in [-0.25, -0.2) is 25.2 Å². The Kier molecular flexibility index (Phi) is 17.0. The maximum absolute atomic E-state index is 12.9. The van der Waals surface area contributed by atoms with Crippen LogP contribution in [0, 0.1) is 0 Å². The molecule has 0 amide bonds. The van der Waals surface area contributed by atoms with E-state index in [4.69, 9.17) is 26.4 Å². The quantitative estimate of drug-likeness (QED) is 0.0195. The van der Waals surface area contributed by atoms with Crippen LogP contribution in [0.15, 0.2) is 123 Å². The van der Waals surface area contributed by atoms with Crippen molar-refractivity contribution in [2.24, 2.45) is 20.5 Å². The van der Waals surface area contributed by atoms with Crippen molar-refractivity contribution in [1.29, 1.82) is 0 Å². The number of azo groups is 2. The number of phenols is 1. The van der Waals surface area contributed by atoms with Crippen LogP contribution in [-0.2, 0) is 69.1 Å². The van der Waals surface area contributed by atoms with E-state index in [1.165, 1.54) is 54.4 Å². The van der Waals surface area contributed by atoms with E-state index in [1.807, 2.05) is 0 Å². The summed E-state index contributed by atoms with van der Waals surface area (Å²) in [6.07, 6.45) is 0. The van der Waals surface area contributed by atoms with E-state index in [0.717, 1.165) is 18.2 Å². The Morgan fingerprint density at radius 3 is 1.78 bits per heavy atom. The summed E-state index contributed by atoms with van der Waals surface area (Å²) in [6, 6.07) is 13.7. The van der Waals surface area contributed by atoms with Gasteiger partial charge in [0, 0.05) is 28.2 Å². The minimum atomic E-state index is -5.35. The van der Waals surface area contributed by atoms with Crippen molar-refractivity contribution in [3.05, 3.63) is 78.1 Å². The second-order valence-corrected chi connectivity index (χ2v) is 25.0. The van der Waals surface area contributed by atoms with Crippen LogP contribution < -0.4 is 16.0 Å². The molecule has 1 heterocycles. The van der Waals surface area contributed by atoms with Gasteiger partial charge in [0.1, 0.15) is 26.9 Å². The van der Waals surface area contributed by atoms with Crippen molar-refractivity contribution >= 4 is 160 Å². The van der Waals surface area contributed by atoms with Crippen LogP contribution in [0.3, 0.4) is 0 Å². The monoisotopic (exact) mass is 1200 g/mol. The SMILES string of the molecule is CN(c1cccc(S(=O)(=O)CCOS(=O)(=O)O)c1)c1nc(Cl)nc(Nc2ccc(S)c(/N=N/c3c(S(=O)(=O)O)cc4cc(S(=O)(=O)O)c(/N=N/c5ccc(S(=O)(=O)CCOS(=O)(=O)O)cc5S)c(O)c4c3N)c2)n1. The zero-order chi connectivity index (χ0) is 54.9. The van der Waals surface area contributed by atoms with Crippen LogP contribution in [0.4, 0.5) is 51.7 Å². The predicted molar refractivity (Wildman–Crippen MR) is 267 cm³/mol. The molecule has 0 unspecified atom stereocenters. The number of rotatable bonds is 20. The number of nitrogens with one attached hydrogen (secondary N) is 1. The van der Waals surface area contributed by atoms with Gasteiger partial charge in [0.15, 0.2) is 25.4 Å². The van der Waals surface area contributed by atoms with Gasteiger partial charge in [0.05, 0.1) is 51.3 Å². The average molecular weight is 1200 g/mol. The van der Waals surface area contributed by atoms with E-state index >= 15 is 0 Å². The first-order chi connectivity index (χ1) is 34.1. The van der Waals surface area contributed by atoms with Crippen LogP contribution in [0.5, 0.6) is 5.75 Å². The van der Waals surface area contributed by atoms with Gasteiger partial charge in [-0.3, -0.25) is 18.2 Å². The number of nitrogens with zero attached hydrogens (tertiary/aromatic N) is 8. The lowest BCUT2D eigenvalue weighted by atomic mass is 10.1. The number of anilines is 5. The second kappa shape index (κ2) is 21.8. The molecular formula is C36H33ClN10O19S8. The molecule has 0 aliphatic carbocycles. The van der Waals surface area contributed by atoms with Gasteiger partial charge in [-0.15, -0.1) is 45.7 Å². The summed E-state index contributed by atoms with van der Waals surface area (Å²) >= 11 is 14.8. The lowest BCUT2D eigenvalue weighted by molar-refractivity contribution is 0.282. The molecule has 0 aliphatic rings. The molecule has 0 aliphatic heterocycles. The Bertz CT molecular complexity index is 4020.